The predicted molar refractivity (Wildman–Crippen MR) is 71.4 cm³/mol. The van der Waals surface area contributed by atoms with E-state index in [9.17, 15) is 4.79 Å². The van der Waals surface area contributed by atoms with Gasteiger partial charge < -0.3 is 9.94 Å². The Kier molecular flexibility index (Phi) is 5.44. The molecule has 0 aliphatic carbocycles. The molecule has 0 bridgehead atoms. The molecule has 1 unspecified atom stereocenters. The van der Waals surface area contributed by atoms with Crippen molar-refractivity contribution in [1.82, 2.24) is 0 Å². The zero-order chi connectivity index (χ0) is 13.7. The van der Waals surface area contributed by atoms with Gasteiger partial charge in [-0.15, -0.1) is 0 Å². The van der Waals surface area contributed by atoms with Gasteiger partial charge in [0.25, 0.3) is 0 Å². The number of halogens is 2. The van der Waals surface area contributed by atoms with Crippen LogP contribution in [0, 0.1) is 5.92 Å². The van der Waals surface area contributed by atoms with Gasteiger partial charge in [0.05, 0.1) is 21.7 Å². The van der Waals surface area contributed by atoms with Crippen molar-refractivity contribution in [2.45, 2.75) is 13.3 Å². The second-order valence-corrected chi connectivity index (χ2v) is 4.61. The van der Waals surface area contributed by atoms with Gasteiger partial charge in [-0.25, -0.2) is 0 Å². The van der Waals surface area contributed by atoms with Crippen LogP contribution in [0.2, 0.25) is 10.0 Å². The van der Waals surface area contributed by atoms with Crippen molar-refractivity contribution >= 4 is 34.9 Å². The Balaban J connectivity index is 3.01. The third-order valence-corrected chi connectivity index (χ3v) is 3.11. The predicted octanol–water partition coefficient (Wildman–Crippen LogP) is 3.45. The molecule has 1 rings (SSSR count). The van der Waals surface area contributed by atoms with Crippen LogP contribution in [-0.4, -0.2) is 23.9 Å². The SMILES string of the molecule is CO/N=C(\CC(C)C(=O)O)c1ccc(Cl)c(Cl)c1. The van der Waals surface area contributed by atoms with Crippen LogP contribution in [0.25, 0.3) is 0 Å². The van der Waals surface area contributed by atoms with E-state index < -0.39 is 11.9 Å². The Labute approximate surface area is 115 Å². The minimum absolute atomic E-state index is 0.251. The Morgan fingerprint density at radius 3 is 2.61 bits per heavy atom. The lowest BCUT2D eigenvalue weighted by molar-refractivity contribution is -0.140. The minimum atomic E-state index is -0.890. The van der Waals surface area contributed by atoms with Crippen molar-refractivity contribution in [3.05, 3.63) is 33.8 Å². The van der Waals surface area contributed by atoms with Gasteiger partial charge in [-0.1, -0.05) is 41.3 Å². The second-order valence-electron chi connectivity index (χ2n) is 3.79. The molecule has 18 heavy (non-hydrogen) atoms. The van der Waals surface area contributed by atoms with Crippen molar-refractivity contribution in [3.63, 3.8) is 0 Å². The number of aliphatic carboxylic acids is 1. The summed E-state index contributed by atoms with van der Waals surface area (Å²) in [6.07, 6.45) is 0.251. The van der Waals surface area contributed by atoms with Crippen LogP contribution in [0.15, 0.2) is 23.4 Å². The highest BCUT2D eigenvalue weighted by Crippen LogP contribution is 2.24. The van der Waals surface area contributed by atoms with E-state index in [-0.39, 0.29) is 6.42 Å². The van der Waals surface area contributed by atoms with Gasteiger partial charge in [0, 0.05) is 12.0 Å². The molecule has 0 saturated carbocycles. The molecule has 0 fully saturated rings. The molecule has 6 heteroatoms. The molecule has 0 heterocycles. The molecule has 0 aliphatic heterocycles. The van der Waals surface area contributed by atoms with Crippen molar-refractivity contribution in [2.24, 2.45) is 11.1 Å². The Hall–Kier alpha value is -1.26. The lowest BCUT2D eigenvalue weighted by Gasteiger charge is -2.10. The van der Waals surface area contributed by atoms with Crippen LogP contribution in [-0.2, 0) is 9.63 Å². The molecule has 0 spiro atoms. The first-order chi connectivity index (χ1) is 8.45. The highest BCUT2D eigenvalue weighted by molar-refractivity contribution is 6.42. The maximum absolute atomic E-state index is 10.8. The van der Waals surface area contributed by atoms with Crippen molar-refractivity contribution in [1.29, 1.82) is 0 Å². The van der Waals surface area contributed by atoms with E-state index in [4.69, 9.17) is 33.1 Å². The Bertz CT molecular complexity index is 474. The van der Waals surface area contributed by atoms with Crippen LogP contribution in [0.3, 0.4) is 0 Å². The maximum Gasteiger partial charge on any atom is 0.306 e. The number of rotatable bonds is 5. The number of nitrogens with zero attached hydrogens (tertiary/aromatic N) is 1. The summed E-state index contributed by atoms with van der Waals surface area (Å²) < 4.78 is 0. The maximum atomic E-state index is 10.8. The second kappa shape index (κ2) is 6.61. The molecule has 4 nitrogen and oxygen atoms in total. The third-order valence-electron chi connectivity index (χ3n) is 2.38. The third kappa shape index (κ3) is 3.89. The average molecular weight is 290 g/mol. The summed E-state index contributed by atoms with van der Waals surface area (Å²) in [5, 5.41) is 13.6. The number of hydrogen-bond donors (Lipinski definition) is 1. The van der Waals surface area contributed by atoms with Gasteiger partial charge in [-0.2, -0.15) is 0 Å². The average Bonchev–Trinajstić information content (AvgIpc) is 2.32. The number of benzene rings is 1. The molecule has 0 saturated heterocycles. The molecule has 0 aliphatic rings. The summed E-state index contributed by atoms with van der Waals surface area (Å²) in [7, 11) is 1.41. The number of carbonyl (C=O) groups is 1. The summed E-state index contributed by atoms with van der Waals surface area (Å²) in [6.45, 7) is 1.60. The van der Waals surface area contributed by atoms with Gasteiger partial charge in [0.1, 0.15) is 7.11 Å². The topological polar surface area (TPSA) is 58.9 Å². The fraction of sp³-hybridized carbons (Fsp3) is 0.333. The van der Waals surface area contributed by atoms with Crippen molar-refractivity contribution in [2.75, 3.05) is 7.11 Å². The van der Waals surface area contributed by atoms with E-state index >= 15 is 0 Å². The number of oxime groups is 1. The molecule has 0 amide bonds. The van der Waals surface area contributed by atoms with Crippen LogP contribution in [0.4, 0.5) is 0 Å². The summed E-state index contributed by atoms with van der Waals surface area (Å²) >= 11 is 11.7. The molecule has 1 atom stereocenters. The van der Waals surface area contributed by atoms with Crippen LogP contribution < -0.4 is 0 Å². The summed E-state index contributed by atoms with van der Waals surface area (Å²) in [5.74, 6) is -1.45. The van der Waals surface area contributed by atoms with Crippen LogP contribution in [0.1, 0.15) is 18.9 Å². The van der Waals surface area contributed by atoms with E-state index in [2.05, 4.69) is 5.16 Å². The zero-order valence-corrected chi connectivity index (χ0v) is 11.5. The molecular weight excluding hydrogens is 277 g/mol. The lowest BCUT2D eigenvalue weighted by atomic mass is 9.99. The smallest absolute Gasteiger partial charge is 0.306 e. The zero-order valence-electron chi connectivity index (χ0n) is 9.98. The molecule has 1 N–H and O–H groups in total. The van der Waals surface area contributed by atoms with Gasteiger partial charge in [0.2, 0.25) is 0 Å². The summed E-state index contributed by atoms with van der Waals surface area (Å²) in [5.41, 5.74) is 1.21. The van der Waals surface area contributed by atoms with Crippen LogP contribution >= 0.6 is 23.2 Å². The molecule has 98 valence electrons. The molecular formula is C12H13Cl2NO3. The first-order valence-electron chi connectivity index (χ1n) is 5.24. The first-order valence-corrected chi connectivity index (χ1v) is 5.99. The van der Waals surface area contributed by atoms with E-state index in [0.29, 0.717) is 21.3 Å². The highest BCUT2D eigenvalue weighted by atomic mass is 35.5. The number of carboxylic acid groups (broad SMARTS) is 1. The van der Waals surface area contributed by atoms with E-state index in [1.165, 1.54) is 7.11 Å². The lowest BCUT2D eigenvalue weighted by Crippen LogP contribution is -2.15. The molecule has 1 aromatic rings. The van der Waals surface area contributed by atoms with Gasteiger partial charge >= 0.3 is 5.97 Å². The standard InChI is InChI=1S/C12H13Cl2NO3/c1-7(12(16)17)5-11(15-18-2)8-3-4-9(13)10(14)6-8/h3-4,6-7H,5H2,1-2H3,(H,16,17)/b15-11+. The summed E-state index contributed by atoms with van der Waals surface area (Å²) in [4.78, 5) is 15.6. The van der Waals surface area contributed by atoms with E-state index in [0.717, 1.165) is 0 Å². The first kappa shape index (κ1) is 14.8. The van der Waals surface area contributed by atoms with Crippen molar-refractivity contribution in [3.8, 4) is 0 Å². The molecule has 0 radical (unpaired) electrons. The van der Waals surface area contributed by atoms with Crippen LogP contribution in [0.5, 0.6) is 0 Å². The number of carboxylic acids is 1. The Morgan fingerprint density at radius 1 is 1.44 bits per heavy atom. The van der Waals surface area contributed by atoms with Gasteiger partial charge in [0.15, 0.2) is 0 Å². The fourth-order valence-electron chi connectivity index (χ4n) is 1.37. The van der Waals surface area contributed by atoms with E-state index in [1.54, 1.807) is 25.1 Å². The minimum Gasteiger partial charge on any atom is -0.481 e. The largest absolute Gasteiger partial charge is 0.481 e. The van der Waals surface area contributed by atoms with Crippen molar-refractivity contribution < 1.29 is 14.7 Å². The van der Waals surface area contributed by atoms with Gasteiger partial charge in [-0.05, 0) is 12.1 Å². The monoisotopic (exact) mass is 289 g/mol. The Morgan fingerprint density at radius 2 is 2.11 bits per heavy atom. The molecule has 1 aromatic carbocycles. The normalized spacial score (nSPS) is 13.2. The quantitative estimate of drug-likeness (QED) is 0.667. The summed E-state index contributed by atoms with van der Waals surface area (Å²) in [6, 6.07) is 4.99. The molecule has 0 aromatic heterocycles. The highest BCUT2D eigenvalue weighted by Gasteiger charge is 2.17. The van der Waals surface area contributed by atoms with E-state index in [1.807, 2.05) is 0 Å². The van der Waals surface area contributed by atoms with Gasteiger partial charge in [-0.3, -0.25) is 4.79 Å². The fourth-order valence-corrected chi connectivity index (χ4v) is 1.67. The number of hydrogen-bond acceptors (Lipinski definition) is 3.